The number of nitrogens with zero attached hydrogens (tertiary/aromatic N) is 3. The van der Waals surface area contributed by atoms with Gasteiger partial charge in [0.25, 0.3) is 5.91 Å². The van der Waals surface area contributed by atoms with Crippen LogP contribution in [-0.2, 0) is 6.54 Å². The van der Waals surface area contributed by atoms with Gasteiger partial charge in [-0.1, -0.05) is 5.16 Å². The van der Waals surface area contributed by atoms with E-state index < -0.39 is 0 Å². The van der Waals surface area contributed by atoms with Gasteiger partial charge in [-0.15, -0.1) is 10.2 Å². The van der Waals surface area contributed by atoms with Crippen LogP contribution in [0.4, 0.5) is 5.82 Å². The molecule has 2 rings (SSSR count). The summed E-state index contributed by atoms with van der Waals surface area (Å²) in [5.41, 5.74) is 0.917. The second-order valence-corrected chi connectivity index (χ2v) is 3.51. The van der Waals surface area contributed by atoms with Crippen LogP contribution in [-0.4, -0.2) is 27.8 Å². The Morgan fingerprint density at radius 3 is 2.83 bits per heavy atom. The van der Waals surface area contributed by atoms with Crippen molar-refractivity contribution in [2.24, 2.45) is 0 Å². The minimum absolute atomic E-state index is 0.264. The highest BCUT2D eigenvalue weighted by molar-refractivity contribution is 5.92. The maximum absolute atomic E-state index is 11.7. The Balaban J connectivity index is 1.92. The van der Waals surface area contributed by atoms with Crippen LogP contribution in [0.5, 0.6) is 0 Å². The lowest BCUT2D eigenvalue weighted by Crippen LogP contribution is -2.24. The quantitative estimate of drug-likeness (QED) is 0.812. The number of hydrogen-bond donors (Lipinski definition) is 2. The molecule has 0 saturated carbocycles. The van der Waals surface area contributed by atoms with Crippen LogP contribution < -0.4 is 10.6 Å². The van der Waals surface area contributed by atoms with Crippen molar-refractivity contribution < 1.29 is 9.32 Å². The first-order chi connectivity index (χ1) is 8.79. The van der Waals surface area contributed by atoms with Crippen LogP contribution in [0.1, 0.15) is 23.1 Å². The fourth-order valence-corrected chi connectivity index (χ4v) is 1.32. The van der Waals surface area contributed by atoms with Crippen molar-refractivity contribution in [1.82, 2.24) is 20.7 Å². The molecule has 0 aromatic carbocycles. The van der Waals surface area contributed by atoms with Crippen LogP contribution in [0.2, 0.25) is 0 Å². The van der Waals surface area contributed by atoms with E-state index in [2.05, 4.69) is 30.5 Å². The van der Waals surface area contributed by atoms with Gasteiger partial charge >= 0.3 is 0 Å². The molecule has 7 nitrogen and oxygen atoms in total. The predicted molar refractivity (Wildman–Crippen MR) is 63.9 cm³/mol. The monoisotopic (exact) mass is 247 g/mol. The van der Waals surface area contributed by atoms with Crippen LogP contribution in [0, 0.1) is 0 Å². The first kappa shape index (κ1) is 12.0. The third kappa shape index (κ3) is 3.03. The Kier molecular flexibility index (Phi) is 3.85. The number of amides is 1. The zero-order valence-electron chi connectivity index (χ0n) is 9.88. The molecule has 0 fully saturated rings. The van der Waals surface area contributed by atoms with Crippen molar-refractivity contribution in [1.29, 1.82) is 0 Å². The van der Waals surface area contributed by atoms with Crippen LogP contribution >= 0.6 is 0 Å². The van der Waals surface area contributed by atoms with Gasteiger partial charge in [-0.2, -0.15) is 0 Å². The van der Waals surface area contributed by atoms with E-state index in [0.717, 1.165) is 6.54 Å². The standard InChI is InChI=1S/C11H13N5O2/c1-2-12-10-4-3-9(14-15-10)11(17)13-7-8-5-6-18-16-8/h3-6H,2,7H2,1H3,(H,12,15)(H,13,17). The maximum atomic E-state index is 11.7. The lowest BCUT2D eigenvalue weighted by molar-refractivity contribution is 0.0944. The Labute approximate surface area is 104 Å². The van der Waals surface area contributed by atoms with Gasteiger partial charge in [-0.3, -0.25) is 4.79 Å². The van der Waals surface area contributed by atoms with Crippen LogP contribution in [0.3, 0.4) is 0 Å². The van der Waals surface area contributed by atoms with Crippen molar-refractivity contribution in [2.75, 3.05) is 11.9 Å². The fourth-order valence-electron chi connectivity index (χ4n) is 1.32. The summed E-state index contributed by atoms with van der Waals surface area (Å²) in [6.07, 6.45) is 1.45. The van der Waals surface area contributed by atoms with Gasteiger partial charge in [0.2, 0.25) is 0 Å². The van der Waals surface area contributed by atoms with E-state index >= 15 is 0 Å². The van der Waals surface area contributed by atoms with Crippen molar-refractivity contribution in [3.8, 4) is 0 Å². The molecule has 2 heterocycles. The zero-order valence-corrected chi connectivity index (χ0v) is 9.88. The first-order valence-electron chi connectivity index (χ1n) is 5.54. The Bertz CT molecular complexity index is 495. The lowest BCUT2D eigenvalue weighted by atomic mass is 10.3. The smallest absolute Gasteiger partial charge is 0.272 e. The number of nitrogens with one attached hydrogen (secondary N) is 2. The van der Waals surface area contributed by atoms with E-state index in [-0.39, 0.29) is 11.6 Å². The average molecular weight is 247 g/mol. The van der Waals surface area contributed by atoms with E-state index in [1.54, 1.807) is 18.2 Å². The summed E-state index contributed by atoms with van der Waals surface area (Å²) in [5.74, 6) is 0.346. The molecule has 0 bridgehead atoms. The molecule has 94 valence electrons. The molecule has 2 N–H and O–H groups in total. The highest BCUT2D eigenvalue weighted by atomic mass is 16.5. The molecule has 0 unspecified atom stereocenters. The molecule has 0 spiro atoms. The van der Waals surface area contributed by atoms with Gasteiger partial charge in [0.05, 0.1) is 6.54 Å². The van der Waals surface area contributed by atoms with Crippen molar-refractivity contribution in [2.45, 2.75) is 13.5 Å². The Morgan fingerprint density at radius 1 is 1.33 bits per heavy atom. The largest absolute Gasteiger partial charge is 0.369 e. The van der Waals surface area contributed by atoms with Gasteiger partial charge in [-0.25, -0.2) is 0 Å². The van der Waals surface area contributed by atoms with E-state index in [0.29, 0.717) is 18.1 Å². The summed E-state index contributed by atoms with van der Waals surface area (Å²) >= 11 is 0. The third-order valence-corrected chi connectivity index (χ3v) is 2.18. The van der Waals surface area contributed by atoms with E-state index in [1.807, 2.05) is 6.92 Å². The van der Waals surface area contributed by atoms with Crippen LogP contribution in [0.15, 0.2) is 29.0 Å². The number of aromatic nitrogens is 3. The van der Waals surface area contributed by atoms with E-state index in [4.69, 9.17) is 0 Å². The van der Waals surface area contributed by atoms with Crippen LogP contribution in [0.25, 0.3) is 0 Å². The molecule has 1 amide bonds. The maximum Gasteiger partial charge on any atom is 0.272 e. The highest BCUT2D eigenvalue weighted by Gasteiger charge is 2.08. The molecular formula is C11H13N5O2. The second kappa shape index (κ2) is 5.76. The number of anilines is 1. The molecule has 2 aromatic heterocycles. The summed E-state index contributed by atoms with van der Waals surface area (Å²) in [6.45, 7) is 3.01. The van der Waals surface area contributed by atoms with Crippen molar-refractivity contribution in [3.05, 3.63) is 35.9 Å². The lowest BCUT2D eigenvalue weighted by Gasteiger charge is -2.03. The highest BCUT2D eigenvalue weighted by Crippen LogP contribution is 2.02. The zero-order chi connectivity index (χ0) is 12.8. The average Bonchev–Trinajstić information content (AvgIpc) is 2.90. The van der Waals surface area contributed by atoms with Gasteiger partial charge in [0.1, 0.15) is 17.8 Å². The molecule has 0 aliphatic rings. The molecule has 0 aliphatic heterocycles. The first-order valence-corrected chi connectivity index (χ1v) is 5.54. The Hall–Kier alpha value is -2.44. The van der Waals surface area contributed by atoms with Crippen molar-refractivity contribution >= 4 is 11.7 Å². The molecule has 0 aliphatic carbocycles. The minimum atomic E-state index is -0.298. The summed E-state index contributed by atoms with van der Waals surface area (Å²) in [4.78, 5) is 11.7. The van der Waals surface area contributed by atoms with Crippen molar-refractivity contribution in [3.63, 3.8) is 0 Å². The predicted octanol–water partition coefficient (Wildman–Crippen LogP) is 0.826. The molecule has 7 heteroatoms. The Morgan fingerprint density at radius 2 is 2.22 bits per heavy atom. The van der Waals surface area contributed by atoms with Gasteiger partial charge in [-0.05, 0) is 19.1 Å². The number of rotatable bonds is 5. The van der Waals surface area contributed by atoms with Gasteiger partial charge in [0, 0.05) is 12.6 Å². The molecule has 18 heavy (non-hydrogen) atoms. The summed E-state index contributed by atoms with van der Waals surface area (Å²) in [5, 5.41) is 17.1. The van der Waals surface area contributed by atoms with Gasteiger partial charge < -0.3 is 15.2 Å². The molecule has 0 saturated heterocycles. The minimum Gasteiger partial charge on any atom is -0.369 e. The molecular weight excluding hydrogens is 234 g/mol. The summed E-state index contributed by atoms with van der Waals surface area (Å²) < 4.78 is 4.66. The van der Waals surface area contributed by atoms with E-state index in [1.165, 1.54) is 6.26 Å². The number of carbonyl (C=O) groups excluding carboxylic acids is 1. The van der Waals surface area contributed by atoms with E-state index in [9.17, 15) is 4.79 Å². The summed E-state index contributed by atoms with van der Waals surface area (Å²) in [6, 6.07) is 5.00. The number of carbonyl (C=O) groups is 1. The summed E-state index contributed by atoms with van der Waals surface area (Å²) in [7, 11) is 0. The normalized spacial score (nSPS) is 10.1. The molecule has 0 atom stereocenters. The molecule has 2 aromatic rings. The third-order valence-electron chi connectivity index (χ3n) is 2.18. The van der Waals surface area contributed by atoms with Gasteiger partial charge in [0.15, 0.2) is 5.69 Å². The second-order valence-electron chi connectivity index (χ2n) is 3.51. The topological polar surface area (TPSA) is 92.9 Å². The molecule has 0 radical (unpaired) electrons. The number of hydrogen-bond acceptors (Lipinski definition) is 6. The fraction of sp³-hybridized carbons (Fsp3) is 0.273. The SMILES string of the molecule is CCNc1ccc(C(=O)NCc2ccon2)nn1.